The van der Waals surface area contributed by atoms with E-state index in [0.717, 1.165) is 19.3 Å². The molecule has 4 aliphatic carbocycles. The Morgan fingerprint density at radius 1 is 1.00 bits per heavy atom. The van der Waals surface area contributed by atoms with E-state index in [0.29, 0.717) is 55.2 Å². The fraction of sp³-hybridized carbons (Fsp3) is 0.692. The molecule has 2 amide bonds. The minimum absolute atomic E-state index is 0.0474. The summed E-state index contributed by atoms with van der Waals surface area (Å²) < 4.78 is 0. The van der Waals surface area contributed by atoms with Crippen LogP contribution in [0.2, 0.25) is 0 Å². The van der Waals surface area contributed by atoms with E-state index in [1.54, 1.807) is 12.1 Å². The van der Waals surface area contributed by atoms with Crippen molar-refractivity contribution in [3.8, 4) is 0 Å². The zero-order valence-electron chi connectivity index (χ0n) is 20.5. The molecule has 5 fully saturated rings. The van der Waals surface area contributed by atoms with Gasteiger partial charge < -0.3 is 15.1 Å². The SMILES string of the molecule is CC(C)(C)C(=O)N1CCN(c2ccc(C(=O)NC34CC5CC(CC(C5)C3)C4)cc2[N+](=O)[O-])CC1. The maximum absolute atomic E-state index is 13.2. The molecule has 6 rings (SSSR count). The van der Waals surface area contributed by atoms with Crippen LogP contribution in [0.4, 0.5) is 11.4 Å². The first-order valence-corrected chi connectivity index (χ1v) is 12.7. The lowest BCUT2D eigenvalue weighted by atomic mass is 9.53. The lowest BCUT2D eigenvalue weighted by Gasteiger charge is -2.56. The summed E-state index contributed by atoms with van der Waals surface area (Å²) in [7, 11) is 0. The fourth-order valence-electron chi connectivity index (χ4n) is 7.28. The molecular formula is C26H36N4O4. The Bertz CT molecular complexity index is 971. The van der Waals surface area contributed by atoms with Crippen LogP contribution in [0.3, 0.4) is 0 Å². The topological polar surface area (TPSA) is 95.8 Å². The maximum Gasteiger partial charge on any atom is 0.293 e. The minimum Gasteiger partial charge on any atom is -0.362 e. The normalized spacial score (nSPS) is 30.4. The molecule has 4 bridgehead atoms. The second-order valence-corrected chi connectivity index (χ2v) is 12.1. The summed E-state index contributed by atoms with van der Waals surface area (Å²) >= 11 is 0. The summed E-state index contributed by atoms with van der Waals surface area (Å²) in [6.07, 6.45) is 7.02. The summed E-state index contributed by atoms with van der Waals surface area (Å²) in [5.41, 5.74) is 0.246. The summed E-state index contributed by atoms with van der Waals surface area (Å²) in [5.74, 6) is 2.04. The van der Waals surface area contributed by atoms with Crippen molar-refractivity contribution in [1.29, 1.82) is 0 Å². The first kappa shape index (κ1) is 23.1. The van der Waals surface area contributed by atoms with E-state index < -0.39 is 10.3 Å². The van der Waals surface area contributed by atoms with Crippen molar-refractivity contribution in [2.75, 3.05) is 31.1 Å². The smallest absolute Gasteiger partial charge is 0.293 e. The third-order valence-corrected chi connectivity index (χ3v) is 8.40. The van der Waals surface area contributed by atoms with Crippen LogP contribution in [0.25, 0.3) is 0 Å². The number of benzene rings is 1. The lowest BCUT2D eigenvalue weighted by Crippen LogP contribution is -2.59. The molecule has 1 N–H and O–H groups in total. The van der Waals surface area contributed by atoms with Gasteiger partial charge in [0.2, 0.25) is 5.91 Å². The zero-order chi connectivity index (χ0) is 24.3. The van der Waals surface area contributed by atoms with Crippen LogP contribution in [-0.2, 0) is 4.79 Å². The van der Waals surface area contributed by atoms with Gasteiger partial charge in [-0.2, -0.15) is 0 Å². The van der Waals surface area contributed by atoms with Crippen molar-refractivity contribution < 1.29 is 14.5 Å². The Morgan fingerprint density at radius 3 is 2.06 bits per heavy atom. The second-order valence-electron chi connectivity index (χ2n) is 12.1. The lowest BCUT2D eigenvalue weighted by molar-refractivity contribution is -0.384. The number of carbonyl (C=O) groups excluding carboxylic acids is 2. The predicted molar refractivity (Wildman–Crippen MR) is 130 cm³/mol. The van der Waals surface area contributed by atoms with Gasteiger partial charge in [0.15, 0.2) is 0 Å². The average molecular weight is 469 g/mol. The number of nitro groups is 1. The van der Waals surface area contributed by atoms with Crippen LogP contribution in [0.15, 0.2) is 18.2 Å². The molecule has 1 saturated heterocycles. The van der Waals surface area contributed by atoms with E-state index in [1.807, 2.05) is 30.6 Å². The number of carbonyl (C=O) groups is 2. The molecule has 0 atom stereocenters. The van der Waals surface area contributed by atoms with Crippen molar-refractivity contribution in [1.82, 2.24) is 10.2 Å². The van der Waals surface area contributed by atoms with Crippen LogP contribution >= 0.6 is 0 Å². The van der Waals surface area contributed by atoms with Gasteiger partial charge >= 0.3 is 0 Å². The monoisotopic (exact) mass is 468 g/mol. The quantitative estimate of drug-likeness (QED) is 0.533. The molecule has 1 aliphatic heterocycles. The summed E-state index contributed by atoms with van der Waals surface area (Å²) in [6.45, 7) is 7.82. The van der Waals surface area contributed by atoms with Crippen molar-refractivity contribution in [3.05, 3.63) is 33.9 Å². The van der Waals surface area contributed by atoms with Gasteiger partial charge in [-0.05, 0) is 68.4 Å². The first-order valence-electron chi connectivity index (χ1n) is 12.7. The molecule has 5 aliphatic rings. The van der Waals surface area contributed by atoms with Crippen LogP contribution < -0.4 is 10.2 Å². The fourth-order valence-corrected chi connectivity index (χ4v) is 7.28. The number of anilines is 1. The Balaban J connectivity index is 1.30. The summed E-state index contributed by atoms with van der Waals surface area (Å²) in [6, 6.07) is 4.84. The van der Waals surface area contributed by atoms with Gasteiger partial charge in [-0.15, -0.1) is 0 Å². The molecule has 0 radical (unpaired) electrons. The van der Waals surface area contributed by atoms with Gasteiger partial charge in [-0.1, -0.05) is 20.8 Å². The molecule has 1 aromatic carbocycles. The highest BCUT2D eigenvalue weighted by atomic mass is 16.6. The van der Waals surface area contributed by atoms with Gasteiger partial charge in [0.25, 0.3) is 11.6 Å². The predicted octanol–water partition coefficient (Wildman–Crippen LogP) is 3.99. The second kappa shape index (κ2) is 8.24. The minimum atomic E-state index is -0.445. The summed E-state index contributed by atoms with van der Waals surface area (Å²) in [4.78, 5) is 41.1. The van der Waals surface area contributed by atoms with Crippen LogP contribution in [0.5, 0.6) is 0 Å². The van der Waals surface area contributed by atoms with Crippen LogP contribution in [0.1, 0.15) is 69.7 Å². The zero-order valence-corrected chi connectivity index (χ0v) is 20.5. The van der Waals surface area contributed by atoms with Gasteiger partial charge in [-0.3, -0.25) is 19.7 Å². The molecule has 1 heterocycles. The van der Waals surface area contributed by atoms with E-state index >= 15 is 0 Å². The molecular weight excluding hydrogens is 432 g/mol. The van der Waals surface area contributed by atoms with E-state index in [1.165, 1.54) is 25.3 Å². The molecule has 1 aromatic rings. The first-order chi connectivity index (χ1) is 16.0. The molecule has 0 aromatic heterocycles. The molecule has 0 unspecified atom stereocenters. The average Bonchev–Trinajstić information content (AvgIpc) is 2.76. The van der Waals surface area contributed by atoms with Crippen molar-refractivity contribution in [2.45, 2.75) is 64.8 Å². The Kier molecular flexibility index (Phi) is 5.60. The molecule has 4 saturated carbocycles. The van der Waals surface area contributed by atoms with E-state index in [9.17, 15) is 19.7 Å². The highest BCUT2D eigenvalue weighted by Gasteiger charge is 2.51. The number of hydrogen-bond acceptors (Lipinski definition) is 5. The van der Waals surface area contributed by atoms with E-state index in [2.05, 4.69) is 5.32 Å². The molecule has 8 heteroatoms. The highest BCUT2D eigenvalue weighted by Crippen LogP contribution is 2.55. The van der Waals surface area contributed by atoms with Crippen LogP contribution in [-0.4, -0.2) is 53.4 Å². The number of nitro benzene ring substituents is 1. The number of nitrogens with zero attached hydrogens (tertiary/aromatic N) is 3. The standard InChI is InChI=1S/C26H36N4O4/c1-25(2,3)24(32)29-8-6-28(7-9-29)21-5-4-20(13-22(21)30(33)34)23(31)27-26-14-17-10-18(15-26)12-19(11-17)16-26/h4-5,13,17-19H,6-12,14-16H2,1-3H3,(H,27,31). The third kappa shape index (κ3) is 4.27. The molecule has 0 spiro atoms. The largest absolute Gasteiger partial charge is 0.362 e. The maximum atomic E-state index is 13.2. The molecule has 184 valence electrons. The number of piperazine rings is 1. The van der Waals surface area contributed by atoms with E-state index in [-0.39, 0.29) is 23.0 Å². The number of amides is 2. The van der Waals surface area contributed by atoms with Gasteiger partial charge in [0.05, 0.1) is 4.92 Å². The summed E-state index contributed by atoms with van der Waals surface area (Å²) in [5, 5.41) is 15.3. The highest BCUT2D eigenvalue weighted by molar-refractivity contribution is 5.96. The molecule has 34 heavy (non-hydrogen) atoms. The third-order valence-electron chi connectivity index (χ3n) is 8.40. The van der Waals surface area contributed by atoms with Crippen molar-refractivity contribution in [3.63, 3.8) is 0 Å². The van der Waals surface area contributed by atoms with E-state index in [4.69, 9.17) is 0 Å². The van der Waals surface area contributed by atoms with Gasteiger partial charge in [0, 0.05) is 48.8 Å². The van der Waals surface area contributed by atoms with Gasteiger partial charge in [0.1, 0.15) is 5.69 Å². The number of hydrogen-bond donors (Lipinski definition) is 1. The van der Waals surface area contributed by atoms with Crippen molar-refractivity contribution >= 4 is 23.2 Å². The molecule has 8 nitrogen and oxygen atoms in total. The number of nitrogens with one attached hydrogen (secondary N) is 1. The Morgan fingerprint density at radius 2 is 1.56 bits per heavy atom. The Hall–Kier alpha value is -2.64. The van der Waals surface area contributed by atoms with Gasteiger partial charge in [-0.25, -0.2) is 0 Å². The van der Waals surface area contributed by atoms with Crippen LogP contribution in [0, 0.1) is 33.3 Å². The number of rotatable bonds is 4. The Labute approximate surface area is 201 Å². The van der Waals surface area contributed by atoms with Crippen molar-refractivity contribution in [2.24, 2.45) is 23.2 Å².